The molecule has 72 heavy (non-hydrogen) atoms. The monoisotopic (exact) mass is 1060 g/mol. The number of nitrogens with zero attached hydrogens (tertiary/aromatic N) is 2. The Bertz CT molecular complexity index is 2470. The number of halogens is 24. The molecule has 0 aliphatic rings. The number of hydrogen-bond donors (Lipinski definition) is 0. The van der Waals surface area contributed by atoms with E-state index in [1.165, 1.54) is 5.56 Å². The quantitative estimate of drug-likeness (QED) is 0.0944. The third-order valence-electron chi connectivity index (χ3n) is 10.8. The highest BCUT2D eigenvalue weighted by molar-refractivity contribution is 7.20. The van der Waals surface area contributed by atoms with Crippen LogP contribution in [-0.4, -0.2) is 11.1 Å². The van der Waals surface area contributed by atoms with Crippen molar-refractivity contribution in [2.24, 2.45) is 0 Å². The Hall–Kier alpha value is -6.64. The van der Waals surface area contributed by atoms with Gasteiger partial charge in [-0.25, -0.2) is 4.84 Å². The van der Waals surface area contributed by atoms with Crippen molar-refractivity contribution < 1.29 is 115 Å². The first-order valence-corrected chi connectivity index (χ1v) is 19.4. The molecule has 0 spiro atoms. The van der Waals surface area contributed by atoms with E-state index in [4.69, 9.17) is 4.84 Å². The molecule has 0 saturated heterocycles. The molecule has 1 aromatic heterocycles. The molecule has 0 aliphatic carbocycles. The van der Waals surface area contributed by atoms with Gasteiger partial charge in [0.1, 0.15) is 6.15 Å². The summed E-state index contributed by atoms with van der Waals surface area (Å²) in [4.78, 5) is 9.59. The topological polar surface area (TPSA) is 26.0 Å². The van der Waals surface area contributed by atoms with E-state index in [0.29, 0.717) is 0 Å². The Morgan fingerprint density at radius 3 is 0.819 bits per heavy atom. The molecular weight excluding hydrogens is 1040 g/mol. The predicted molar refractivity (Wildman–Crippen MR) is 206 cm³/mol. The van der Waals surface area contributed by atoms with E-state index in [9.17, 15) is 105 Å². The van der Waals surface area contributed by atoms with Crippen LogP contribution in [0.3, 0.4) is 0 Å². The molecule has 28 heteroatoms. The molecule has 0 radical (unpaired) electrons. The first-order valence-electron chi connectivity index (χ1n) is 19.4. The van der Waals surface area contributed by atoms with Crippen molar-refractivity contribution in [1.29, 1.82) is 0 Å². The molecule has 388 valence electrons. The maximum Gasteiger partial charge on any atom is 0.416 e. The van der Waals surface area contributed by atoms with Crippen LogP contribution in [0.4, 0.5) is 105 Å². The van der Waals surface area contributed by atoms with Crippen LogP contribution in [0.15, 0.2) is 116 Å². The van der Waals surface area contributed by atoms with Crippen LogP contribution in [0.25, 0.3) is 0 Å². The molecule has 0 aliphatic heterocycles. The molecule has 3 nitrogen and oxygen atoms in total. The highest BCUT2D eigenvalue weighted by Crippen LogP contribution is 2.41. The lowest BCUT2D eigenvalue weighted by molar-refractivity contribution is -0.875. The van der Waals surface area contributed by atoms with Crippen LogP contribution in [-0.2, 0) is 49.4 Å². The van der Waals surface area contributed by atoms with Crippen LogP contribution in [0, 0.1) is 13.8 Å². The van der Waals surface area contributed by atoms with E-state index < -0.39 is 195 Å². The lowest BCUT2D eigenvalue weighted by Gasteiger charge is -2.46. The van der Waals surface area contributed by atoms with Gasteiger partial charge in [-0.1, -0.05) is 60.7 Å². The normalized spacial score (nSPS) is 13.4. The van der Waals surface area contributed by atoms with E-state index in [2.05, 4.69) is 18.0 Å². The second-order valence-electron chi connectivity index (χ2n) is 15.6. The van der Waals surface area contributed by atoms with Crippen molar-refractivity contribution in [2.75, 3.05) is 0 Å². The summed E-state index contributed by atoms with van der Waals surface area (Å²) < 4.78 is 342. The maximum absolute atomic E-state index is 14.2. The van der Waals surface area contributed by atoms with Gasteiger partial charge >= 0.3 is 49.4 Å². The highest BCUT2D eigenvalue weighted by Gasteiger charge is 2.47. The van der Waals surface area contributed by atoms with Gasteiger partial charge in [0.2, 0.25) is 18.1 Å². The standard InChI is InChI=1S/C32H12BF24.C12H13N2O/c34-25(35,36)13-1-14(26(37,38)39)6-21(5-13)33(22-7-15(27(40,41)42)2-16(8-22)28(43,44)45,23-9-17(29(46,47)48)3-18(10-23)30(49,50)51)24-11-19(31(52,53)54)4-20(12-24)32(55,56)57;1-10-4-3-5-12(11(10)2)15-14-8-6-13-7-9-14/h1-12H;3-9H,1-2H3/q-1;+1. The molecule has 0 unspecified atom stereocenters. The Morgan fingerprint density at radius 2 is 0.597 bits per heavy atom. The van der Waals surface area contributed by atoms with Gasteiger partial charge in [0.25, 0.3) is 0 Å². The number of aromatic nitrogens is 2. The molecule has 0 bridgehead atoms. The summed E-state index contributed by atoms with van der Waals surface area (Å²) in [5.41, 5.74) is -27.8. The van der Waals surface area contributed by atoms with Crippen LogP contribution >= 0.6 is 0 Å². The molecule has 6 aromatic rings. The fraction of sp³-hybridized carbons (Fsp3) is 0.227. The summed E-state index contributed by atoms with van der Waals surface area (Å²) in [6, 6.07) is -2.80. The Morgan fingerprint density at radius 1 is 0.361 bits per heavy atom. The second-order valence-corrected chi connectivity index (χ2v) is 15.6. The molecule has 0 N–H and O–H groups in total. The third-order valence-corrected chi connectivity index (χ3v) is 10.8. The summed E-state index contributed by atoms with van der Waals surface area (Å²) in [7, 11) is 0. The number of hydrogen-bond acceptors (Lipinski definition) is 2. The third kappa shape index (κ3) is 12.7. The van der Waals surface area contributed by atoms with Crippen LogP contribution in [0.2, 0.25) is 0 Å². The Balaban J connectivity index is 0.000000542. The van der Waals surface area contributed by atoms with Crippen molar-refractivity contribution >= 4 is 28.0 Å². The number of aryl methyl sites for hydroxylation is 1. The van der Waals surface area contributed by atoms with E-state index >= 15 is 0 Å². The fourth-order valence-electron chi connectivity index (χ4n) is 7.38. The van der Waals surface area contributed by atoms with Crippen molar-refractivity contribution in [2.45, 2.75) is 63.3 Å². The highest BCUT2D eigenvalue weighted by atomic mass is 19.4. The van der Waals surface area contributed by atoms with Gasteiger partial charge in [-0.3, -0.25) is 4.98 Å². The van der Waals surface area contributed by atoms with E-state index in [0.717, 1.165) is 11.3 Å². The van der Waals surface area contributed by atoms with Crippen molar-refractivity contribution in [3.8, 4) is 5.75 Å². The first kappa shape index (κ1) is 56.3. The molecule has 0 amide bonds. The first-order chi connectivity index (χ1) is 32.5. The summed E-state index contributed by atoms with van der Waals surface area (Å²) in [6.07, 6.45) is -47.9. The van der Waals surface area contributed by atoms with E-state index in [-0.39, 0.29) is 0 Å². The Kier molecular flexibility index (Phi) is 14.9. The summed E-state index contributed by atoms with van der Waals surface area (Å²) in [6.45, 7) is 4.12. The van der Waals surface area contributed by atoms with Crippen molar-refractivity contribution in [3.05, 3.63) is 171 Å². The van der Waals surface area contributed by atoms with Crippen LogP contribution in [0.1, 0.15) is 55.6 Å². The van der Waals surface area contributed by atoms with Crippen LogP contribution < -0.4 is 31.4 Å². The molecule has 0 atom stereocenters. The summed E-state index contributed by atoms with van der Waals surface area (Å²) in [5.74, 6) is 0.867. The Labute approximate surface area is 388 Å². The molecule has 0 fully saturated rings. The minimum atomic E-state index is -6.13. The zero-order valence-electron chi connectivity index (χ0n) is 35.4. The minimum Gasteiger partial charge on any atom is -0.252 e. The van der Waals surface area contributed by atoms with Gasteiger partial charge < -0.3 is 0 Å². The number of benzene rings is 5. The SMILES string of the molecule is Cc1cccc(O[n+]2ccncc2)c1C.FC(F)(F)c1cc([B-](c2cc(C(F)(F)F)cc(C(F)(F)F)c2)(c2cc(C(F)(F)F)cc(C(F)(F)F)c2)c2cc(C(F)(F)F)cc(C(F)(F)F)c2)cc(C(F)(F)F)c1. The molecule has 5 aromatic carbocycles. The van der Waals surface area contributed by atoms with Gasteiger partial charge in [-0.05, 0) is 49.7 Å². The van der Waals surface area contributed by atoms with Crippen molar-refractivity contribution in [1.82, 2.24) is 4.98 Å². The average Bonchev–Trinajstić information content (AvgIpc) is 3.23. The van der Waals surface area contributed by atoms with Crippen LogP contribution in [0.5, 0.6) is 5.75 Å². The zero-order chi connectivity index (χ0) is 54.6. The zero-order valence-corrected chi connectivity index (χ0v) is 35.4. The van der Waals surface area contributed by atoms with Crippen molar-refractivity contribution in [3.63, 3.8) is 0 Å². The summed E-state index contributed by atoms with van der Waals surface area (Å²) in [5, 5.41) is 0. The molecule has 1 heterocycles. The van der Waals surface area contributed by atoms with Gasteiger partial charge in [-0.15, -0.1) is 0 Å². The number of alkyl halides is 24. The minimum absolute atomic E-state index is 0.691. The fourth-order valence-corrected chi connectivity index (χ4v) is 7.38. The summed E-state index contributed by atoms with van der Waals surface area (Å²) >= 11 is 0. The van der Waals surface area contributed by atoms with Gasteiger partial charge in [-0.2, -0.15) is 127 Å². The molecule has 6 rings (SSSR count). The average molecular weight is 1060 g/mol. The molecular formula is C44H25BF24N2O. The predicted octanol–water partition coefficient (Wildman–Crippen LogP) is 13.0. The smallest absolute Gasteiger partial charge is 0.252 e. The largest absolute Gasteiger partial charge is 0.416 e. The number of rotatable bonds is 6. The van der Waals surface area contributed by atoms with Gasteiger partial charge in [0.15, 0.2) is 0 Å². The maximum atomic E-state index is 14.2. The van der Waals surface area contributed by atoms with Gasteiger partial charge in [0, 0.05) is 10.3 Å². The molecule has 0 saturated carbocycles. The van der Waals surface area contributed by atoms with E-state index in [1.54, 1.807) is 29.5 Å². The lowest BCUT2D eigenvalue weighted by Crippen LogP contribution is -2.75. The lowest BCUT2D eigenvalue weighted by atomic mass is 9.12. The second kappa shape index (κ2) is 19.1. The van der Waals surface area contributed by atoms with Gasteiger partial charge in [0.05, 0.1) is 56.9 Å². The van der Waals surface area contributed by atoms with E-state index in [1.807, 2.05) is 19.1 Å².